The van der Waals surface area contributed by atoms with Gasteiger partial charge in [-0.05, 0) is 66.7 Å². The molecule has 0 aliphatic carbocycles. The standard InChI is InChI=1S/C23H22ClFN2O5S/c1-27(13-14-32-20-10-8-19(31-2)9-11-20)23(28)16-3-12-21(24)22(15-16)33(29,30)26-18-6-4-17(25)5-7-18/h3-12,15,26H,13-14H2,1-2H3. The number of sulfonamides is 1. The fraction of sp³-hybridized carbons (Fsp3) is 0.174. The van der Waals surface area contributed by atoms with Crippen molar-refractivity contribution in [1.82, 2.24) is 4.90 Å². The number of hydrogen-bond acceptors (Lipinski definition) is 5. The number of methoxy groups -OCH3 is 1. The van der Waals surface area contributed by atoms with Crippen molar-refractivity contribution in [3.8, 4) is 11.5 Å². The summed E-state index contributed by atoms with van der Waals surface area (Å²) in [4.78, 5) is 14.0. The van der Waals surface area contributed by atoms with Crippen molar-refractivity contribution in [3.05, 3.63) is 83.1 Å². The molecule has 1 amide bonds. The number of nitrogens with one attached hydrogen (secondary N) is 1. The highest BCUT2D eigenvalue weighted by molar-refractivity contribution is 7.92. The van der Waals surface area contributed by atoms with E-state index < -0.39 is 21.7 Å². The van der Waals surface area contributed by atoms with Gasteiger partial charge in [-0.2, -0.15) is 0 Å². The van der Waals surface area contributed by atoms with Crippen LogP contribution in [0, 0.1) is 5.82 Å². The molecule has 7 nitrogen and oxygen atoms in total. The lowest BCUT2D eigenvalue weighted by atomic mass is 10.2. The van der Waals surface area contributed by atoms with E-state index in [-0.39, 0.29) is 34.3 Å². The van der Waals surface area contributed by atoms with Crippen LogP contribution in [0.2, 0.25) is 5.02 Å². The highest BCUT2D eigenvalue weighted by Crippen LogP contribution is 2.26. The van der Waals surface area contributed by atoms with Crippen molar-refractivity contribution in [2.45, 2.75) is 4.90 Å². The van der Waals surface area contributed by atoms with Gasteiger partial charge in [0.2, 0.25) is 0 Å². The lowest BCUT2D eigenvalue weighted by Gasteiger charge is -2.18. The molecule has 174 valence electrons. The van der Waals surface area contributed by atoms with Gasteiger partial charge in [-0.3, -0.25) is 9.52 Å². The highest BCUT2D eigenvalue weighted by atomic mass is 35.5. The second-order valence-electron chi connectivity index (χ2n) is 7.01. The number of nitrogens with zero attached hydrogens (tertiary/aromatic N) is 1. The lowest BCUT2D eigenvalue weighted by Crippen LogP contribution is -2.31. The minimum Gasteiger partial charge on any atom is -0.497 e. The Morgan fingerprint density at radius 1 is 1.03 bits per heavy atom. The van der Waals surface area contributed by atoms with Crippen molar-refractivity contribution in [2.75, 3.05) is 32.0 Å². The Labute approximate surface area is 196 Å². The van der Waals surface area contributed by atoms with Gasteiger partial charge in [0, 0.05) is 18.3 Å². The molecule has 10 heteroatoms. The van der Waals surface area contributed by atoms with Crippen LogP contribution in [0.5, 0.6) is 11.5 Å². The number of ether oxygens (including phenoxy) is 2. The molecule has 0 saturated heterocycles. The Morgan fingerprint density at radius 2 is 1.67 bits per heavy atom. The van der Waals surface area contributed by atoms with E-state index in [1.54, 1.807) is 38.4 Å². The minimum atomic E-state index is -4.11. The first-order chi connectivity index (χ1) is 15.7. The van der Waals surface area contributed by atoms with Crippen molar-refractivity contribution in [1.29, 1.82) is 0 Å². The van der Waals surface area contributed by atoms with E-state index in [0.717, 1.165) is 12.1 Å². The molecular formula is C23H22ClFN2O5S. The van der Waals surface area contributed by atoms with Crippen molar-refractivity contribution < 1.29 is 27.1 Å². The van der Waals surface area contributed by atoms with Crippen LogP contribution >= 0.6 is 11.6 Å². The number of amides is 1. The summed E-state index contributed by atoms with van der Waals surface area (Å²) >= 11 is 6.10. The van der Waals surface area contributed by atoms with Gasteiger partial charge in [0.15, 0.2) is 0 Å². The predicted molar refractivity (Wildman–Crippen MR) is 124 cm³/mol. The molecule has 0 unspecified atom stereocenters. The molecule has 1 N–H and O–H groups in total. The normalized spacial score (nSPS) is 11.0. The van der Waals surface area contributed by atoms with E-state index in [1.165, 1.54) is 35.2 Å². The van der Waals surface area contributed by atoms with Crippen LogP contribution < -0.4 is 14.2 Å². The van der Waals surface area contributed by atoms with E-state index in [2.05, 4.69) is 4.72 Å². The maximum atomic E-state index is 13.1. The van der Waals surface area contributed by atoms with Crippen LogP contribution in [0.3, 0.4) is 0 Å². The van der Waals surface area contributed by atoms with E-state index >= 15 is 0 Å². The SMILES string of the molecule is COc1ccc(OCCN(C)C(=O)c2ccc(Cl)c(S(=O)(=O)Nc3ccc(F)cc3)c2)cc1. The number of rotatable bonds is 9. The molecule has 0 heterocycles. The lowest BCUT2D eigenvalue weighted by molar-refractivity contribution is 0.0773. The molecule has 0 aliphatic rings. The van der Waals surface area contributed by atoms with Gasteiger partial charge >= 0.3 is 0 Å². The summed E-state index contributed by atoms with van der Waals surface area (Å²) in [6.45, 7) is 0.503. The average molecular weight is 493 g/mol. The summed E-state index contributed by atoms with van der Waals surface area (Å²) in [5, 5.41) is -0.0494. The molecule has 0 aliphatic heterocycles. The van der Waals surface area contributed by atoms with Crippen LogP contribution in [0.15, 0.2) is 71.6 Å². The Bertz CT molecular complexity index is 1220. The zero-order chi connectivity index (χ0) is 24.0. The molecule has 0 spiro atoms. The number of benzene rings is 3. The number of halogens is 2. The second-order valence-corrected chi connectivity index (χ2v) is 9.07. The van der Waals surface area contributed by atoms with Gasteiger partial charge in [0.05, 0.1) is 18.7 Å². The number of carbonyl (C=O) groups excluding carboxylic acids is 1. The van der Waals surface area contributed by atoms with E-state index in [4.69, 9.17) is 21.1 Å². The molecule has 33 heavy (non-hydrogen) atoms. The summed E-state index contributed by atoms with van der Waals surface area (Å²) in [6.07, 6.45) is 0. The molecule has 0 atom stereocenters. The van der Waals surface area contributed by atoms with Crippen LogP contribution in [0.1, 0.15) is 10.4 Å². The summed E-state index contributed by atoms with van der Waals surface area (Å²) in [7, 11) is -0.953. The summed E-state index contributed by atoms with van der Waals surface area (Å²) < 4.78 is 51.7. The summed E-state index contributed by atoms with van der Waals surface area (Å²) in [5.74, 6) is 0.436. The highest BCUT2D eigenvalue weighted by Gasteiger charge is 2.22. The quantitative estimate of drug-likeness (QED) is 0.477. The first-order valence-corrected chi connectivity index (χ1v) is 11.7. The van der Waals surface area contributed by atoms with Gasteiger partial charge in [-0.15, -0.1) is 0 Å². The summed E-state index contributed by atoms with van der Waals surface area (Å²) in [5.41, 5.74) is 0.308. The molecule has 0 fully saturated rings. The van der Waals surface area contributed by atoms with E-state index in [9.17, 15) is 17.6 Å². The largest absolute Gasteiger partial charge is 0.497 e. The number of anilines is 1. The predicted octanol–water partition coefficient (Wildman–Crippen LogP) is 4.44. The number of likely N-dealkylation sites (N-methyl/N-ethyl adjacent to an activating group) is 1. The monoisotopic (exact) mass is 492 g/mol. The van der Waals surface area contributed by atoms with Crippen molar-refractivity contribution in [2.24, 2.45) is 0 Å². The van der Waals surface area contributed by atoms with Gasteiger partial charge in [-0.1, -0.05) is 11.6 Å². The second kappa shape index (κ2) is 10.5. The third kappa shape index (κ3) is 6.36. The first-order valence-electron chi connectivity index (χ1n) is 9.80. The molecule has 3 rings (SSSR count). The van der Waals surface area contributed by atoms with Crippen LogP contribution in [0.25, 0.3) is 0 Å². The van der Waals surface area contributed by atoms with E-state index in [0.29, 0.717) is 11.5 Å². The molecular weight excluding hydrogens is 471 g/mol. The molecule has 0 radical (unpaired) electrons. The Hall–Kier alpha value is -3.30. The zero-order valence-corrected chi connectivity index (χ0v) is 19.5. The minimum absolute atomic E-state index is 0.0494. The molecule has 0 saturated carbocycles. The number of carbonyl (C=O) groups is 1. The topological polar surface area (TPSA) is 84.9 Å². The Kier molecular flexibility index (Phi) is 7.78. The fourth-order valence-corrected chi connectivity index (χ4v) is 4.45. The van der Waals surface area contributed by atoms with Crippen LogP contribution in [0.4, 0.5) is 10.1 Å². The first kappa shape index (κ1) is 24.3. The molecule has 3 aromatic rings. The Morgan fingerprint density at radius 3 is 2.30 bits per heavy atom. The van der Waals surface area contributed by atoms with Crippen molar-refractivity contribution >= 4 is 33.2 Å². The molecule has 3 aromatic carbocycles. The maximum Gasteiger partial charge on any atom is 0.263 e. The van der Waals surface area contributed by atoms with E-state index in [1.807, 2.05) is 0 Å². The van der Waals surface area contributed by atoms with Gasteiger partial charge < -0.3 is 14.4 Å². The Balaban J connectivity index is 1.67. The molecule has 0 bridgehead atoms. The maximum absolute atomic E-state index is 13.1. The molecule has 0 aromatic heterocycles. The van der Waals surface area contributed by atoms with Gasteiger partial charge in [-0.25, -0.2) is 12.8 Å². The fourth-order valence-electron chi connectivity index (χ4n) is 2.86. The summed E-state index contributed by atoms with van der Waals surface area (Å²) in [6, 6.07) is 15.9. The van der Waals surface area contributed by atoms with Crippen molar-refractivity contribution in [3.63, 3.8) is 0 Å². The third-order valence-corrected chi connectivity index (χ3v) is 6.53. The zero-order valence-electron chi connectivity index (χ0n) is 17.9. The van der Waals surface area contributed by atoms with Crippen LogP contribution in [-0.2, 0) is 10.0 Å². The van der Waals surface area contributed by atoms with Crippen LogP contribution in [-0.4, -0.2) is 46.5 Å². The van der Waals surface area contributed by atoms with Gasteiger partial charge in [0.1, 0.15) is 28.8 Å². The number of hydrogen-bond donors (Lipinski definition) is 1. The average Bonchev–Trinajstić information content (AvgIpc) is 2.80. The smallest absolute Gasteiger partial charge is 0.263 e. The third-order valence-electron chi connectivity index (χ3n) is 4.67. The van der Waals surface area contributed by atoms with Gasteiger partial charge in [0.25, 0.3) is 15.9 Å².